The van der Waals surface area contributed by atoms with Crippen LogP contribution >= 0.6 is 0 Å². The van der Waals surface area contributed by atoms with Gasteiger partial charge in [0, 0.05) is 39.7 Å². The van der Waals surface area contributed by atoms with E-state index in [0.29, 0.717) is 5.92 Å². The van der Waals surface area contributed by atoms with Crippen LogP contribution in [-0.4, -0.2) is 76.3 Å². The summed E-state index contributed by atoms with van der Waals surface area (Å²) >= 11 is 0. The molecule has 2 saturated heterocycles. The lowest BCUT2D eigenvalue weighted by molar-refractivity contribution is 0.157. The molecule has 2 aliphatic heterocycles. The summed E-state index contributed by atoms with van der Waals surface area (Å²) in [5.41, 5.74) is 0. The first-order valence-electron chi connectivity index (χ1n) is 7.86. The van der Waals surface area contributed by atoms with E-state index in [2.05, 4.69) is 27.2 Å². The molecule has 0 saturated carbocycles. The van der Waals surface area contributed by atoms with Gasteiger partial charge in [0.05, 0.1) is 6.61 Å². The topological polar surface area (TPSA) is 40.1 Å². The number of hydrogen-bond donors (Lipinski definition) is 1. The van der Waals surface area contributed by atoms with Gasteiger partial charge in [-0.15, -0.1) is 0 Å². The molecule has 0 aromatic rings. The van der Waals surface area contributed by atoms with Gasteiger partial charge in [0.15, 0.2) is 5.96 Å². The molecule has 116 valence electrons. The fourth-order valence-corrected chi connectivity index (χ4v) is 3.23. The maximum absolute atomic E-state index is 5.26. The third-order valence-corrected chi connectivity index (χ3v) is 4.59. The number of ether oxygens (including phenoxy) is 1. The highest BCUT2D eigenvalue weighted by Crippen LogP contribution is 2.17. The van der Waals surface area contributed by atoms with Crippen LogP contribution in [-0.2, 0) is 4.74 Å². The summed E-state index contributed by atoms with van der Waals surface area (Å²) in [7, 11) is 5.89. The third kappa shape index (κ3) is 4.35. The zero-order valence-corrected chi connectivity index (χ0v) is 13.3. The lowest BCUT2D eigenvalue weighted by Crippen LogP contribution is -2.43. The Hall–Kier alpha value is -0.810. The molecule has 1 unspecified atom stereocenters. The minimum atomic E-state index is 0.655. The molecule has 0 aromatic heterocycles. The van der Waals surface area contributed by atoms with Crippen molar-refractivity contribution in [3.8, 4) is 0 Å². The Morgan fingerprint density at radius 1 is 1.20 bits per heavy atom. The molecule has 2 fully saturated rings. The highest BCUT2D eigenvalue weighted by molar-refractivity contribution is 5.80. The second kappa shape index (κ2) is 7.84. The summed E-state index contributed by atoms with van der Waals surface area (Å²) in [6, 6.07) is 0. The van der Waals surface area contributed by atoms with Crippen molar-refractivity contribution in [1.82, 2.24) is 15.1 Å². The zero-order valence-electron chi connectivity index (χ0n) is 13.3. The lowest BCUT2D eigenvalue weighted by atomic mass is 9.97. The number of piperidine rings is 1. The number of aliphatic imine (C=N–C) groups is 1. The molecule has 2 rings (SSSR count). The molecule has 2 heterocycles. The molecule has 20 heavy (non-hydrogen) atoms. The first kappa shape index (κ1) is 15.6. The fourth-order valence-electron chi connectivity index (χ4n) is 3.23. The van der Waals surface area contributed by atoms with E-state index in [0.717, 1.165) is 38.1 Å². The quantitative estimate of drug-likeness (QED) is 0.614. The normalized spacial score (nSPS) is 26.2. The summed E-state index contributed by atoms with van der Waals surface area (Å²) in [6.45, 7) is 6.55. The Labute approximate surface area is 123 Å². The van der Waals surface area contributed by atoms with E-state index in [-0.39, 0.29) is 0 Å². The Morgan fingerprint density at radius 2 is 1.90 bits per heavy atom. The molecule has 5 nitrogen and oxygen atoms in total. The smallest absolute Gasteiger partial charge is 0.193 e. The minimum Gasteiger partial charge on any atom is -0.384 e. The largest absolute Gasteiger partial charge is 0.384 e. The highest BCUT2D eigenvalue weighted by Gasteiger charge is 2.25. The molecule has 0 bridgehead atoms. The number of likely N-dealkylation sites (tertiary alicyclic amines) is 2. The van der Waals surface area contributed by atoms with Crippen molar-refractivity contribution in [1.29, 1.82) is 0 Å². The van der Waals surface area contributed by atoms with Crippen LogP contribution in [0.25, 0.3) is 0 Å². The maximum Gasteiger partial charge on any atom is 0.193 e. The highest BCUT2D eigenvalue weighted by atomic mass is 16.5. The molecule has 0 aromatic carbocycles. The Bertz CT molecular complexity index is 313. The number of rotatable bonds is 4. The molecule has 0 spiro atoms. The van der Waals surface area contributed by atoms with Crippen molar-refractivity contribution < 1.29 is 4.74 Å². The van der Waals surface area contributed by atoms with Crippen LogP contribution in [0.2, 0.25) is 0 Å². The van der Waals surface area contributed by atoms with Gasteiger partial charge < -0.3 is 19.9 Å². The molecule has 5 heteroatoms. The molecule has 0 radical (unpaired) electrons. The van der Waals surface area contributed by atoms with Crippen molar-refractivity contribution in [2.24, 2.45) is 16.8 Å². The summed E-state index contributed by atoms with van der Waals surface area (Å²) in [5.74, 6) is 2.52. The SMILES string of the molecule is CN=C(NCC1CCN(C)CC1)N1CCC(COC)C1. The van der Waals surface area contributed by atoms with Gasteiger partial charge in [-0.2, -0.15) is 0 Å². The van der Waals surface area contributed by atoms with Crippen LogP contribution in [0.4, 0.5) is 0 Å². The predicted molar refractivity (Wildman–Crippen MR) is 83.1 cm³/mol. The number of methoxy groups -OCH3 is 1. The molecule has 1 atom stereocenters. The Morgan fingerprint density at radius 3 is 2.55 bits per heavy atom. The average Bonchev–Trinajstić information content (AvgIpc) is 2.91. The van der Waals surface area contributed by atoms with E-state index in [4.69, 9.17) is 4.74 Å². The van der Waals surface area contributed by atoms with E-state index >= 15 is 0 Å². The monoisotopic (exact) mass is 282 g/mol. The molecular formula is C15H30N4O. The fraction of sp³-hybridized carbons (Fsp3) is 0.933. The van der Waals surface area contributed by atoms with E-state index in [1.54, 1.807) is 7.11 Å². The first-order chi connectivity index (χ1) is 9.72. The Kier molecular flexibility index (Phi) is 6.10. The minimum absolute atomic E-state index is 0.655. The molecule has 0 amide bonds. The van der Waals surface area contributed by atoms with Crippen LogP contribution in [0, 0.1) is 11.8 Å². The number of nitrogens with zero attached hydrogens (tertiary/aromatic N) is 3. The van der Waals surface area contributed by atoms with Crippen LogP contribution in [0.3, 0.4) is 0 Å². The van der Waals surface area contributed by atoms with E-state index in [9.17, 15) is 0 Å². The summed E-state index contributed by atoms with van der Waals surface area (Å²) in [6.07, 6.45) is 3.81. The summed E-state index contributed by atoms with van der Waals surface area (Å²) in [4.78, 5) is 9.24. The molecular weight excluding hydrogens is 252 g/mol. The number of nitrogens with one attached hydrogen (secondary N) is 1. The zero-order chi connectivity index (χ0) is 14.4. The van der Waals surface area contributed by atoms with Crippen LogP contribution < -0.4 is 5.32 Å². The van der Waals surface area contributed by atoms with E-state index < -0.39 is 0 Å². The summed E-state index contributed by atoms with van der Waals surface area (Å²) in [5, 5.41) is 3.58. The van der Waals surface area contributed by atoms with Gasteiger partial charge in [-0.25, -0.2) is 0 Å². The van der Waals surface area contributed by atoms with Gasteiger partial charge in [-0.3, -0.25) is 4.99 Å². The maximum atomic E-state index is 5.26. The van der Waals surface area contributed by atoms with Crippen LogP contribution in [0.1, 0.15) is 19.3 Å². The van der Waals surface area contributed by atoms with Gasteiger partial charge in [0.25, 0.3) is 0 Å². The van der Waals surface area contributed by atoms with Gasteiger partial charge in [-0.05, 0) is 45.3 Å². The van der Waals surface area contributed by atoms with Gasteiger partial charge in [0.1, 0.15) is 0 Å². The number of guanidine groups is 1. The van der Waals surface area contributed by atoms with Gasteiger partial charge >= 0.3 is 0 Å². The number of hydrogen-bond acceptors (Lipinski definition) is 3. The molecule has 1 N–H and O–H groups in total. The lowest BCUT2D eigenvalue weighted by Gasteiger charge is -2.30. The van der Waals surface area contributed by atoms with Crippen molar-refractivity contribution in [2.75, 3.05) is 60.5 Å². The van der Waals surface area contributed by atoms with Gasteiger partial charge in [0.2, 0.25) is 0 Å². The van der Waals surface area contributed by atoms with Crippen molar-refractivity contribution >= 4 is 5.96 Å². The van der Waals surface area contributed by atoms with Gasteiger partial charge in [-0.1, -0.05) is 0 Å². The standard InChI is InChI=1S/C15H30N4O/c1-16-15(19-9-6-14(11-19)12-20-3)17-10-13-4-7-18(2)8-5-13/h13-14H,4-12H2,1-3H3,(H,16,17). The third-order valence-electron chi connectivity index (χ3n) is 4.59. The van der Waals surface area contributed by atoms with Crippen LogP contribution in [0.15, 0.2) is 4.99 Å². The summed E-state index contributed by atoms with van der Waals surface area (Å²) < 4.78 is 5.26. The second-order valence-electron chi connectivity index (χ2n) is 6.23. The Balaban J connectivity index is 1.73. The van der Waals surface area contributed by atoms with E-state index in [1.165, 1.54) is 32.4 Å². The predicted octanol–water partition coefficient (Wildman–Crippen LogP) is 0.872. The van der Waals surface area contributed by atoms with Crippen molar-refractivity contribution in [3.63, 3.8) is 0 Å². The molecule has 2 aliphatic rings. The van der Waals surface area contributed by atoms with Crippen molar-refractivity contribution in [2.45, 2.75) is 19.3 Å². The second-order valence-corrected chi connectivity index (χ2v) is 6.23. The van der Waals surface area contributed by atoms with E-state index in [1.807, 2.05) is 7.05 Å². The van der Waals surface area contributed by atoms with Crippen molar-refractivity contribution in [3.05, 3.63) is 0 Å². The molecule has 0 aliphatic carbocycles. The average molecular weight is 282 g/mol. The van der Waals surface area contributed by atoms with Crippen LogP contribution in [0.5, 0.6) is 0 Å². The first-order valence-corrected chi connectivity index (χ1v) is 7.86.